The van der Waals surface area contributed by atoms with E-state index in [0.717, 1.165) is 22.5 Å². The standard InChI is InChI=1S/C12H15N3O/c1-9(2)12(8-14-15-13)10-4-6-11(16-3)7-5-10/h4-7H,8H2,1-3H3. The van der Waals surface area contributed by atoms with E-state index < -0.39 is 0 Å². The van der Waals surface area contributed by atoms with Gasteiger partial charge in [-0.25, -0.2) is 0 Å². The van der Waals surface area contributed by atoms with Crippen molar-refractivity contribution in [2.75, 3.05) is 13.7 Å². The third-order valence-corrected chi connectivity index (χ3v) is 2.33. The van der Waals surface area contributed by atoms with E-state index in [0.29, 0.717) is 6.54 Å². The van der Waals surface area contributed by atoms with E-state index >= 15 is 0 Å². The van der Waals surface area contributed by atoms with Gasteiger partial charge in [0.1, 0.15) is 5.75 Å². The monoisotopic (exact) mass is 217 g/mol. The van der Waals surface area contributed by atoms with Gasteiger partial charge in [0.2, 0.25) is 0 Å². The fraction of sp³-hybridized carbons (Fsp3) is 0.333. The summed E-state index contributed by atoms with van der Waals surface area (Å²) in [6.07, 6.45) is 0. The van der Waals surface area contributed by atoms with Gasteiger partial charge in [-0.2, -0.15) is 0 Å². The van der Waals surface area contributed by atoms with Crippen LogP contribution in [-0.2, 0) is 0 Å². The van der Waals surface area contributed by atoms with Crippen molar-refractivity contribution in [3.63, 3.8) is 0 Å². The minimum atomic E-state index is 0.380. The van der Waals surface area contributed by atoms with E-state index in [2.05, 4.69) is 10.0 Å². The first kappa shape index (κ1) is 12.1. The van der Waals surface area contributed by atoms with Gasteiger partial charge in [-0.05, 0) is 42.6 Å². The van der Waals surface area contributed by atoms with Crippen LogP contribution < -0.4 is 4.74 Å². The summed E-state index contributed by atoms with van der Waals surface area (Å²) in [6.45, 7) is 4.39. The molecule has 0 saturated carbocycles. The molecule has 0 N–H and O–H groups in total. The van der Waals surface area contributed by atoms with Crippen molar-refractivity contribution in [1.29, 1.82) is 0 Å². The molecule has 1 rings (SSSR count). The van der Waals surface area contributed by atoms with E-state index in [1.807, 2.05) is 38.1 Å². The van der Waals surface area contributed by atoms with Crippen LogP contribution in [0.4, 0.5) is 0 Å². The average molecular weight is 217 g/mol. The summed E-state index contributed by atoms with van der Waals surface area (Å²) in [4.78, 5) is 2.78. The van der Waals surface area contributed by atoms with Gasteiger partial charge in [-0.3, -0.25) is 0 Å². The Labute approximate surface area is 95.2 Å². The van der Waals surface area contributed by atoms with Crippen LogP contribution in [0.1, 0.15) is 19.4 Å². The summed E-state index contributed by atoms with van der Waals surface area (Å²) in [5.74, 6) is 0.820. The molecule has 0 amide bonds. The smallest absolute Gasteiger partial charge is 0.118 e. The molecule has 0 aromatic heterocycles. The number of allylic oxidation sites excluding steroid dienone is 1. The highest BCUT2D eigenvalue weighted by molar-refractivity contribution is 5.69. The number of hydrogen-bond acceptors (Lipinski definition) is 2. The fourth-order valence-corrected chi connectivity index (χ4v) is 1.43. The molecule has 0 spiro atoms. The van der Waals surface area contributed by atoms with Gasteiger partial charge in [-0.15, -0.1) is 0 Å². The lowest BCUT2D eigenvalue weighted by Gasteiger charge is -2.08. The van der Waals surface area contributed by atoms with Crippen LogP contribution in [0.5, 0.6) is 5.75 Å². The Bertz CT molecular complexity index is 424. The van der Waals surface area contributed by atoms with Crippen LogP contribution in [0.25, 0.3) is 16.0 Å². The zero-order chi connectivity index (χ0) is 12.0. The minimum Gasteiger partial charge on any atom is -0.497 e. The Hall–Kier alpha value is -1.93. The first-order valence-electron chi connectivity index (χ1n) is 5.00. The van der Waals surface area contributed by atoms with Crippen molar-refractivity contribution in [2.24, 2.45) is 5.11 Å². The predicted octanol–water partition coefficient (Wildman–Crippen LogP) is 3.80. The van der Waals surface area contributed by atoms with E-state index in [-0.39, 0.29) is 0 Å². The average Bonchev–Trinajstić information content (AvgIpc) is 2.30. The Morgan fingerprint density at radius 3 is 2.38 bits per heavy atom. The first-order chi connectivity index (χ1) is 7.69. The lowest BCUT2D eigenvalue weighted by molar-refractivity contribution is 0.415. The molecule has 0 aliphatic rings. The summed E-state index contributed by atoms with van der Waals surface area (Å²) in [5.41, 5.74) is 11.6. The SMILES string of the molecule is COc1ccc(C(CN=[N+]=[N-])=C(C)C)cc1. The number of ether oxygens (including phenoxy) is 1. The first-order valence-corrected chi connectivity index (χ1v) is 5.00. The van der Waals surface area contributed by atoms with Gasteiger partial charge in [0.05, 0.1) is 13.7 Å². The highest BCUT2D eigenvalue weighted by atomic mass is 16.5. The van der Waals surface area contributed by atoms with Crippen LogP contribution in [-0.4, -0.2) is 13.7 Å². The molecule has 16 heavy (non-hydrogen) atoms. The summed E-state index contributed by atoms with van der Waals surface area (Å²) < 4.78 is 5.09. The van der Waals surface area contributed by atoms with Crippen molar-refractivity contribution in [3.8, 4) is 5.75 Å². The van der Waals surface area contributed by atoms with Crippen LogP contribution in [0.2, 0.25) is 0 Å². The topological polar surface area (TPSA) is 58.0 Å². The van der Waals surface area contributed by atoms with Crippen molar-refractivity contribution in [3.05, 3.63) is 45.8 Å². The number of hydrogen-bond donors (Lipinski definition) is 0. The van der Waals surface area contributed by atoms with Crippen molar-refractivity contribution < 1.29 is 4.74 Å². The number of azide groups is 1. The highest BCUT2D eigenvalue weighted by Crippen LogP contribution is 2.21. The molecule has 84 valence electrons. The largest absolute Gasteiger partial charge is 0.497 e. The van der Waals surface area contributed by atoms with Gasteiger partial charge >= 0.3 is 0 Å². The second kappa shape index (κ2) is 5.83. The lowest BCUT2D eigenvalue weighted by Crippen LogP contribution is -1.92. The summed E-state index contributed by atoms with van der Waals surface area (Å²) in [7, 11) is 1.64. The predicted molar refractivity (Wildman–Crippen MR) is 65.3 cm³/mol. The maximum Gasteiger partial charge on any atom is 0.118 e. The number of methoxy groups -OCH3 is 1. The van der Waals surface area contributed by atoms with Crippen LogP contribution >= 0.6 is 0 Å². The number of benzene rings is 1. The minimum absolute atomic E-state index is 0.380. The number of nitrogens with zero attached hydrogens (tertiary/aromatic N) is 3. The van der Waals surface area contributed by atoms with Gasteiger partial charge in [0.15, 0.2) is 0 Å². The van der Waals surface area contributed by atoms with Crippen molar-refractivity contribution >= 4 is 5.57 Å². The molecule has 0 aliphatic heterocycles. The fourth-order valence-electron chi connectivity index (χ4n) is 1.43. The maximum atomic E-state index is 8.34. The summed E-state index contributed by atoms with van der Waals surface area (Å²) in [6, 6.07) is 7.73. The highest BCUT2D eigenvalue weighted by Gasteiger charge is 2.02. The van der Waals surface area contributed by atoms with Crippen molar-refractivity contribution in [1.82, 2.24) is 0 Å². The zero-order valence-corrected chi connectivity index (χ0v) is 9.77. The van der Waals surface area contributed by atoms with Gasteiger partial charge in [0, 0.05) is 4.91 Å². The van der Waals surface area contributed by atoms with Gasteiger partial charge in [0.25, 0.3) is 0 Å². The Morgan fingerprint density at radius 1 is 1.31 bits per heavy atom. The summed E-state index contributed by atoms with van der Waals surface area (Å²) >= 11 is 0. The maximum absolute atomic E-state index is 8.34. The Balaban J connectivity index is 3.03. The molecule has 0 heterocycles. The Morgan fingerprint density at radius 2 is 1.94 bits per heavy atom. The second-order valence-corrected chi connectivity index (χ2v) is 3.60. The Kier molecular flexibility index (Phi) is 4.42. The molecule has 0 radical (unpaired) electrons. The zero-order valence-electron chi connectivity index (χ0n) is 9.77. The van der Waals surface area contributed by atoms with Crippen LogP contribution in [0.3, 0.4) is 0 Å². The van der Waals surface area contributed by atoms with E-state index in [4.69, 9.17) is 10.3 Å². The number of rotatable bonds is 4. The van der Waals surface area contributed by atoms with E-state index in [9.17, 15) is 0 Å². The molecule has 4 heteroatoms. The second-order valence-electron chi connectivity index (χ2n) is 3.60. The molecular formula is C12H15N3O. The van der Waals surface area contributed by atoms with E-state index in [1.165, 1.54) is 0 Å². The molecule has 1 aromatic rings. The molecule has 0 atom stereocenters. The summed E-state index contributed by atoms with van der Waals surface area (Å²) in [5, 5.41) is 3.60. The van der Waals surface area contributed by atoms with Crippen molar-refractivity contribution in [2.45, 2.75) is 13.8 Å². The molecule has 4 nitrogen and oxygen atoms in total. The molecule has 1 aromatic carbocycles. The molecule has 0 fully saturated rings. The third-order valence-electron chi connectivity index (χ3n) is 2.33. The normalized spacial score (nSPS) is 9.19. The lowest BCUT2D eigenvalue weighted by atomic mass is 10.0. The van der Waals surface area contributed by atoms with E-state index in [1.54, 1.807) is 7.11 Å². The molecule has 0 unspecified atom stereocenters. The third kappa shape index (κ3) is 3.04. The molecule has 0 saturated heterocycles. The van der Waals surface area contributed by atoms with Gasteiger partial charge < -0.3 is 4.74 Å². The van der Waals surface area contributed by atoms with Crippen LogP contribution in [0.15, 0.2) is 35.0 Å². The quantitative estimate of drug-likeness (QED) is 0.430. The molecule has 0 bridgehead atoms. The molecule has 0 aliphatic carbocycles. The van der Waals surface area contributed by atoms with Crippen LogP contribution in [0, 0.1) is 0 Å². The van der Waals surface area contributed by atoms with Gasteiger partial charge in [-0.1, -0.05) is 22.8 Å². The molecular weight excluding hydrogens is 202 g/mol.